The Balaban J connectivity index is 2.16. The predicted molar refractivity (Wildman–Crippen MR) is 92.4 cm³/mol. The molecular formula is C18H15NO4S. The normalized spacial score (nSPS) is 12.0. The van der Waals surface area contributed by atoms with Gasteiger partial charge in [0.25, 0.3) is 10.0 Å². The molecular weight excluding hydrogens is 326 g/mol. The summed E-state index contributed by atoms with van der Waals surface area (Å²) in [7, 11) is -3.71. The molecule has 0 unspecified atom stereocenters. The van der Waals surface area contributed by atoms with E-state index in [0.717, 1.165) is 11.6 Å². The van der Waals surface area contributed by atoms with Gasteiger partial charge in [-0.2, -0.15) is 0 Å². The van der Waals surface area contributed by atoms with Gasteiger partial charge in [0.2, 0.25) is 0 Å². The summed E-state index contributed by atoms with van der Waals surface area (Å²) >= 11 is 0. The summed E-state index contributed by atoms with van der Waals surface area (Å²) in [5.74, 6) is -1.06. The molecule has 3 rings (SSSR count). The summed E-state index contributed by atoms with van der Waals surface area (Å²) in [5, 5.41) is 9.44. The van der Waals surface area contributed by atoms with Gasteiger partial charge in [0, 0.05) is 17.7 Å². The number of nitrogens with zero attached hydrogens (tertiary/aromatic N) is 1. The Labute approximate surface area is 139 Å². The maximum Gasteiger partial charge on any atom is 0.328 e. The average Bonchev–Trinajstić information content (AvgIpc) is 2.98. The van der Waals surface area contributed by atoms with Crippen molar-refractivity contribution < 1.29 is 18.3 Å². The summed E-state index contributed by atoms with van der Waals surface area (Å²) in [5.41, 5.74) is 2.13. The molecule has 1 aromatic heterocycles. The molecule has 5 nitrogen and oxygen atoms in total. The molecule has 2 aromatic carbocycles. The molecule has 0 aliphatic heterocycles. The molecule has 3 aromatic rings. The van der Waals surface area contributed by atoms with Crippen LogP contribution in [0.3, 0.4) is 0 Å². The Kier molecular flexibility index (Phi) is 3.99. The monoisotopic (exact) mass is 341 g/mol. The van der Waals surface area contributed by atoms with E-state index >= 15 is 0 Å². The van der Waals surface area contributed by atoms with Crippen LogP contribution >= 0.6 is 0 Å². The first kappa shape index (κ1) is 16.0. The van der Waals surface area contributed by atoms with Crippen molar-refractivity contribution in [2.75, 3.05) is 0 Å². The minimum atomic E-state index is -3.71. The number of rotatable bonds is 4. The van der Waals surface area contributed by atoms with Crippen LogP contribution in [0.25, 0.3) is 17.0 Å². The molecule has 1 heterocycles. The zero-order valence-electron chi connectivity index (χ0n) is 12.9. The molecule has 0 amide bonds. The number of fused-ring (bicyclic) bond motifs is 1. The van der Waals surface area contributed by atoms with Crippen molar-refractivity contribution in [3.05, 3.63) is 71.9 Å². The van der Waals surface area contributed by atoms with Crippen LogP contribution in [-0.2, 0) is 14.8 Å². The molecule has 24 heavy (non-hydrogen) atoms. The smallest absolute Gasteiger partial charge is 0.328 e. The third kappa shape index (κ3) is 2.83. The lowest BCUT2D eigenvalue weighted by atomic mass is 10.1. The van der Waals surface area contributed by atoms with Gasteiger partial charge in [-0.05, 0) is 42.8 Å². The first-order chi connectivity index (χ1) is 11.4. The number of benzene rings is 2. The number of aliphatic carboxylic acids is 1. The van der Waals surface area contributed by atoms with Gasteiger partial charge in [0.1, 0.15) is 0 Å². The number of carbonyl (C=O) groups is 1. The van der Waals surface area contributed by atoms with E-state index in [4.69, 9.17) is 5.11 Å². The molecule has 1 N–H and O–H groups in total. The maximum absolute atomic E-state index is 12.8. The van der Waals surface area contributed by atoms with Crippen LogP contribution in [-0.4, -0.2) is 23.5 Å². The molecule has 0 radical (unpaired) electrons. The highest BCUT2D eigenvalue weighted by Crippen LogP contribution is 2.25. The number of hydrogen-bond donors (Lipinski definition) is 1. The highest BCUT2D eigenvalue weighted by atomic mass is 32.2. The van der Waals surface area contributed by atoms with Crippen LogP contribution in [0.5, 0.6) is 0 Å². The van der Waals surface area contributed by atoms with E-state index in [9.17, 15) is 13.2 Å². The minimum absolute atomic E-state index is 0.206. The molecule has 0 aliphatic rings. The Morgan fingerprint density at radius 2 is 1.79 bits per heavy atom. The first-order valence-corrected chi connectivity index (χ1v) is 8.67. The Hall–Kier alpha value is -2.86. The van der Waals surface area contributed by atoms with E-state index in [1.165, 1.54) is 16.2 Å². The van der Waals surface area contributed by atoms with E-state index in [-0.39, 0.29) is 4.90 Å². The maximum atomic E-state index is 12.8. The SMILES string of the molecule is Cc1ccc(S(=O)(=O)n2ccc3c(/C=C/C(=O)O)cccc32)cc1. The second kappa shape index (κ2) is 5.98. The molecule has 0 aliphatic carbocycles. The lowest BCUT2D eigenvalue weighted by molar-refractivity contribution is -0.131. The third-order valence-electron chi connectivity index (χ3n) is 3.71. The standard InChI is InChI=1S/C18H15NO4S/c1-13-5-8-15(9-6-13)24(22,23)19-12-11-16-14(7-10-18(20)21)3-2-4-17(16)19/h2-12H,1H3,(H,20,21)/b10-7+. The topological polar surface area (TPSA) is 76.4 Å². The van der Waals surface area contributed by atoms with Crippen molar-refractivity contribution >= 4 is 33.0 Å². The number of carboxylic acids is 1. The third-order valence-corrected chi connectivity index (χ3v) is 5.42. The molecule has 6 heteroatoms. The fourth-order valence-electron chi connectivity index (χ4n) is 2.51. The van der Waals surface area contributed by atoms with E-state index < -0.39 is 16.0 Å². The fraction of sp³-hybridized carbons (Fsp3) is 0.0556. The van der Waals surface area contributed by atoms with Crippen molar-refractivity contribution in [1.82, 2.24) is 3.97 Å². The summed E-state index contributed by atoms with van der Waals surface area (Å²) < 4.78 is 26.9. The average molecular weight is 341 g/mol. The molecule has 122 valence electrons. The molecule has 0 bridgehead atoms. The van der Waals surface area contributed by atoms with Crippen LogP contribution in [0.4, 0.5) is 0 Å². The second-order valence-electron chi connectivity index (χ2n) is 5.38. The van der Waals surface area contributed by atoms with E-state index in [1.807, 2.05) is 6.92 Å². The van der Waals surface area contributed by atoms with Crippen LogP contribution in [0.2, 0.25) is 0 Å². The highest BCUT2D eigenvalue weighted by Gasteiger charge is 2.19. The highest BCUT2D eigenvalue weighted by molar-refractivity contribution is 7.90. The Morgan fingerprint density at radius 1 is 1.08 bits per heavy atom. The summed E-state index contributed by atoms with van der Waals surface area (Å²) in [6.07, 6.45) is 3.96. The van der Waals surface area contributed by atoms with Gasteiger partial charge in [-0.25, -0.2) is 17.2 Å². The van der Waals surface area contributed by atoms with Crippen LogP contribution in [0.1, 0.15) is 11.1 Å². The fourth-order valence-corrected chi connectivity index (χ4v) is 3.85. The quantitative estimate of drug-likeness (QED) is 0.739. The van der Waals surface area contributed by atoms with E-state index in [1.54, 1.807) is 48.5 Å². The van der Waals surface area contributed by atoms with E-state index in [2.05, 4.69) is 0 Å². The second-order valence-corrected chi connectivity index (χ2v) is 7.20. The first-order valence-electron chi connectivity index (χ1n) is 7.23. The van der Waals surface area contributed by atoms with E-state index in [0.29, 0.717) is 16.5 Å². The van der Waals surface area contributed by atoms with Crippen LogP contribution in [0.15, 0.2) is 65.7 Å². The molecule has 0 saturated carbocycles. The van der Waals surface area contributed by atoms with Gasteiger partial charge < -0.3 is 5.11 Å². The van der Waals surface area contributed by atoms with Crippen molar-refractivity contribution in [2.24, 2.45) is 0 Å². The molecule has 0 saturated heterocycles. The molecule has 0 fully saturated rings. The van der Waals surface area contributed by atoms with Gasteiger partial charge in [-0.1, -0.05) is 29.8 Å². The Morgan fingerprint density at radius 3 is 2.46 bits per heavy atom. The van der Waals surface area contributed by atoms with Gasteiger partial charge in [0.05, 0.1) is 10.4 Å². The van der Waals surface area contributed by atoms with Gasteiger partial charge >= 0.3 is 5.97 Å². The summed E-state index contributed by atoms with van der Waals surface area (Å²) in [6, 6.07) is 13.5. The molecule has 0 spiro atoms. The number of hydrogen-bond acceptors (Lipinski definition) is 3. The van der Waals surface area contributed by atoms with Crippen molar-refractivity contribution in [3.8, 4) is 0 Å². The van der Waals surface area contributed by atoms with Crippen LogP contribution in [0, 0.1) is 6.92 Å². The Bertz CT molecular complexity index is 1040. The van der Waals surface area contributed by atoms with Gasteiger partial charge in [-0.15, -0.1) is 0 Å². The zero-order chi connectivity index (χ0) is 17.3. The lowest BCUT2D eigenvalue weighted by Gasteiger charge is -2.08. The van der Waals surface area contributed by atoms with Crippen molar-refractivity contribution in [2.45, 2.75) is 11.8 Å². The number of carboxylic acid groups (broad SMARTS) is 1. The number of aromatic nitrogens is 1. The van der Waals surface area contributed by atoms with Gasteiger partial charge in [0.15, 0.2) is 0 Å². The zero-order valence-corrected chi connectivity index (χ0v) is 13.7. The number of aryl methyl sites for hydroxylation is 1. The van der Waals surface area contributed by atoms with Crippen LogP contribution < -0.4 is 0 Å². The summed E-state index contributed by atoms with van der Waals surface area (Å²) in [4.78, 5) is 10.9. The summed E-state index contributed by atoms with van der Waals surface area (Å²) in [6.45, 7) is 1.89. The van der Waals surface area contributed by atoms with Crippen molar-refractivity contribution in [1.29, 1.82) is 0 Å². The molecule has 0 atom stereocenters. The largest absolute Gasteiger partial charge is 0.478 e. The van der Waals surface area contributed by atoms with Gasteiger partial charge in [-0.3, -0.25) is 0 Å². The van der Waals surface area contributed by atoms with Crippen molar-refractivity contribution in [3.63, 3.8) is 0 Å². The lowest BCUT2D eigenvalue weighted by Crippen LogP contribution is -2.11. The minimum Gasteiger partial charge on any atom is -0.478 e. The predicted octanol–water partition coefficient (Wildman–Crippen LogP) is 3.28.